The maximum absolute atomic E-state index is 11.9. The maximum Gasteiger partial charge on any atom is 0.338 e. The van der Waals surface area contributed by atoms with Crippen molar-refractivity contribution in [3.63, 3.8) is 0 Å². The van der Waals surface area contributed by atoms with E-state index in [2.05, 4.69) is 4.98 Å². The molecule has 0 saturated heterocycles. The number of halogens is 1. The van der Waals surface area contributed by atoms with Gasteiger partial charge in [0.25, 0.3) is 0 Å². The van der Waals surface area contributed by atoms with E-state index in [9.17, 15) is 4.79 Å². The molecular formula is C15H14ClNO3. The van der Waals surface area contributed by atoms with Crippen LogP contribution in [0.15, 0.2) is 36.4 Å². The smallest absolute Gasteiger partial charge is 0.338 e. The van der Waals surface area contributed by atoms with Crippen LogP contribution in [0.1, 0.15) is 21.6 Å². The van der Waals surface area contributed by atoms with Gasteiger partial charge < -0.3 is 9.47 Å². The molecule has 1 aromatic carbocycles. The van der Waals surface area contributed by atoms with Crippen molar-refractivity contribution in [1.82, 2.24) is 4.98 Å². The van der Waals surface area contributed by atoms with E-state index in [4.69, 9.17) is 21.1 Å². The average Bonchev–Trinajstić information content (AvgIpc) is 2.44. The van der Waals surface area contributed by atoms with E-state index >= 15 is 0 Å². The molecule has 0 aliphatic heterocycles. The summed E-state index contributed by atoms with van der Waals surface area (Å²) in [6.07, 6.45) is 0. The van der Waals surface area contributed by atoms with Crippen LogP contribution in [0.5, 0.6) is 5.75 Å². The van der Waals surface area contributed by atoms with E-state index in [0.29, 0.717) is 11.3 Å². The molecule has 0 aliphatic rings. The maximum atomic E-state index is 11.9. The molecule has 2 aromatic rings. The zero-order valence-corrected chi connectivity index (χ0v) is 12.0. The third-order valence-electron chi connectivity index (χ3n) is 2.69. The van der Waals surface area contributed by atoms with Gasteiger partial charge in [0.2, 0.25) is 0 Å². The first-order chi connectivity index (χ1) is 9.58. The van der Waals surface area contributed by atoms with Crippen molar-refractivity contribution in [2.45, 2.75) is 13.5 Å². The lowest BCUT2D eigenvalue weighted by molar-refractivity contribution is 0.0472. The van der Waals surface area contributed by atoms with E-state index in [1.54, 1.807) is 20.1 Å². The van der Waals surface area contributed by atoms with Crippen LogP contribution in [-0.4, -0.2) is 18.1 Å². The molecule has 0 spiro atoms. The van der Waals surface area contributed by atoms with Gasteiger partial charge in [-0.05, 0) is 36.8 Å². The number of nitrogens with zero attached hydrogens (tertiary/aromatic N) is 1. The van der Waals surface area contributed by atoms with E-state index in [-0.39, 0.29) is 11.8 Å². The Morgan fingerprint density at radius 3 is 2.55 bits per heavy atom. The van der Waals surface area contributed by atoms with Gasteiger partial charge in [-0.1, -0.05) is 23.7 Å². The molecule has 1 heterocycles. The van der Waals surface area contributed by atoms with E-state index in [1.165, 1.54) is 6.07 Å². The Kier molecular flexibility index (Phi) is 4.58. The number of methoxy groups -OCH3 is 1. The molecule has 4 nitrogen and oxygen atoms in total. The number of pyridine rings is 1. The summed E-state index contributed by atoms with van der Waals surface area (Å²) in [5.74, 6) is 0.338. The average molecular weight is 292 g/mol. The molecular weight excluding hydrogens is 278 g/mol. The minimum Gasteiger partial charge on any atom is -0.497 e. The topological polar surface area (TPSA) is 48.4 Å². The highest BCUT2D eigenvalue weighted by Crippen LogP contribution is 2.14. The fourth-order valence-corrected chi connectivity index (χ4v) is 1.95. The molecule has 0 bridgehead atoms. The second-order valence-corrected chi connectivity index (χ2v) is 4.63. The van der Waals surface area contributed by atoms with Gasteiger partial charge in [-0.3, -0.25) is 0 Å². The number of aryl methyl sites for hydroxylation is 1. The summed E-state index contributed by atoms with van der Waals surface area (Å²) in [4.78, 5) is 15.9. The van der Waals surface area contributed by atoms with Crippen LogP contribution in [0.2, 0.25) is 5.15 Å². The molecule has 0 radical (unpaired) electrons. The number of rotatable bonds is 4. The summed E-state index contributed by atoms with van der Waals surface area (Å²) >= 11 is 5.81. The number of carbonyl (C=O) groups excluding carboxylic acids is 1. The molecule has 0 fully saturated rings. The first-order valence-corrected chi connectivity index (χ1v) is 6.40. The fourth-order valence-electron chi connectivity index (χ4n) is 1.70. The highest BCUT2D eigenvalue weighted by atomic mass is 35.5. The Morgan fingerprint density at radius 1 is 1.25 bits per heavy atom. The van der Waals surface area contributed by atoms with Crippen molar-refractivity contribution < 1.29 is 14.3 Å². The minimum atomic E-state index is -0.423. The Balaban J connectivity index is 2.00. The van der Waals surface area contributed by atoms with Crippen LogP contribution < -0.4 is 4.74 Å². The minimum absolute atomic E-state index is 0.196. The molecule has 2 rings (SSSR count). The Hall–Kier alpha value is -2.07. The van der Waals surface area contributed by atoms with Crippen molar-refractivity contribution in [2.75, 3.05) is 7.11 Å². The van der Waals surface area contributed by atoms with Crippen molar-refractivity contribution in [3.05, 3.63) is 58.4 Å². The Morgan fingerprint density at radius 2 is 1.95 bits per heavy atom. The number of hydrogen-bond acceptors (Lipinski definition) is 4. The SMILES string of the molecule is COc1ccc(COC(=O)c2cc(C)nc(Cl)c2)cc1. The van der Waals surface area contributed by atoms with E-state index < -0.39 is 5.97 Å². The zero-order chi connectivity index (χ0) is 14.5. The molecule has 0 saturated carbocycles. The second kappa shape index (κ2) is 6.39. The molecule has 0 atom stereocenters. The predicted octanol–water partition coefficient (Wildman–Crippen LogP) is 3.41. The molecule has 20 heavy (non-hydrogen) atoms. The van der Waals surface area contributed by atoms with E-state index in [0.717, 1.165) is 11.3 Å². The van der Waals surface area contributed by atoms with Gasteiger partial charge in [-0.2, -0.15) is 0 Å². The molecule has 0 N–H and O–H groups in total. The van der Waals surface area contributed by atoms with Gasteiger partial charge in [0, 0.05) is 5.69 Å². The number of aromatic nitrogens is 1. The summed E-state index contributed by atoms with van der Waals surface area (Å²) in [7, 11) is 1.60. The van der Waals surface area contributed by atoms with Gasteiger partial charge >= 0.3 is 5.97 Å². The summed E-state index contributed by atoms with van der Waals surface area (Å²) in [6.45, 7) is 1.97. The predicted molar refractivity (Wildman–Crippen MR) is 76.1 cm³/mol. The molecule has 0 aliphatic carbocycles. The fraction of sp³-hybridized carbons (Fsp3) is 0.200. The number of carbonyl (C=O) groups is 1. The van der Waals surface area contributed by atoms with Crippen LogP contribution in [0, 0.1) is 6.92 Å². The largest absolute Gasteiger partial charge is 0.497 e. The highest BCUT2D eigenvalue weighted by molar-refractivity contribution is 6.29. The monoisotopic (exact) mass is 291 g/mol. The van der Waals surface area contributed by atoms with Gasteiger partial charge in [0.05, 0.1) is 12.7 Å². The lowest BCUT2D eigenvalue weighted by Gasteiger charge is -2.06. The Bertz CT molecular complexity index is 591. The van der Waals surface area contributed by atoms with Crippen molar-refractivity contribution >= 4 is 17.6 Å². The highest BCUT2D eigenvalue weighted by Gasteiger charge is 2.09. The standard InChI is InChI=1S/C15H14ClNO3/c1-10-7-12(8-14(16)17-10)15(18)20-9-11-3-5-13(19-2)6-4-11/h3-8H,9H2,1-2H3. The Labute approximate surface area is 122 Å². The number of ether oxygens (including phenoxy) is 2. The molecule has 1 aromatic heterocycles. The zero-order valence-electron chi connectivity index (χ0n) is 11.2. The van der Waals surface area contributed by atoms with Crippen LogP contribution in [-0.2, 0) is 11.3 Å². The number of esters is 1. The molecule has 0 unspecified atom stereocenters. The molecule has 104 valence electrons. The normalized spacial score (nSPS) is 10.2. The first kappa shape index (κ1) is 14.3. The van der Waals surface area contributed by atoms with Gasteiger partial charge in [0.1, 0.15) is 17.5 Å². The third-order valence-corrected chi connectivity index (χ3v) is 2.88. The summed E-state index contributed by atoms with van der Waals surface area (Å²) in [6, 6.07) is 10.5. The van der Waals surface area contributed by atoms with Gasteiger partial charge in [0.15, 0.2) is 0 Å². The van der Waals surface area contributed by atoms with Crippen molar-refractivity contribution in [1.29, 1.82) is 0 Å². The summed E-state index contributed by atoms with van der Waals surface area (Å²) < 4.78 is 10.3. The lowest BCUT2D eigenvalue weighted by atomic mass is 10.2. The van der Waals surface area contributed by atoms with Crippen molar-refractivity contribution in [2.24, 2.45) is 0 Å². The molecule has 5 heteroatoms. The van der Waals surface area contributed by atoms with Crippen LogP contribution in [0.3, 0.4) is 0 Å². The van der Waals surface area contributed by atoms with E-state index in [1.807, 2.05) is 24.3 Å². The van der Waals surface area contributed by atoms with Crippen molar-refractivity contribution in [3.8, 4) is 5.75 Å². The van der Waals surface area contributed by atoms with Crippen LogP contribution in [0.25, 0.3) is 0 Å². The van der Waals surface area contributed by atoms with Crippen LogP contribution >= 0.6 is 11.6 Å². The summed E-state index contributed by atoms with van der Waals surface area (Å²) in [5, 5.41) is 0.279. The number of benzene rings is 1. The van der Waals surface area contributed by atoms with Gasteiger partial charge in [-0.15, -0.1) is 0 Å². The van der Waals surface area contributed by atoms with Gasteiger partial charge in [-0.25, -0.2) is 9.78 Å². The van der Waals surface area contributed by atoms with Crippen LogP contribution in [0.4, 0.5) is 0 Å². The second-order valence-electron chi connectivity index (χ2n) is 4.24. The molecule has 0 amide bonds. The lowest BCUT2D eigenvalue weighted by Crippen LogP contribution is -2.06. The first-order valence-electron chi connectivity index (χ1n) is 6.03. The summed E-state index contributed by atoms with van der Waals surface area (Å²) in [5.41, 5.74) is 1.96. The number of hydrogen-bond donors (Lipinski definition) is 0. The third kappa shape index (κ3) is 3.71. The quantitative estimate of drug-likeness (QED) is 0.640.